The Labute approximate surface area is 108 Å². The first-order chi connectivity index (χ1) is 8.40. The molecule has 3 nitrogen and oxygen atoms in total. The molecule has 0 spiro atoms. The molecule has 0 bridgehead atoms. The molecule has 2 rings (SSSR count). The van der Waals surface area contributed by atoms with Gasteiger partial charge in [0.1, 0.15) is 0 Å². The molecule has 1 fully saturated rings. The van der Waals surface area contributed by atoms with Crippen molar-refractivity contribution in [2.45, 2.75) is 33.3 Å². The largest absolute Gasteiger partial charge is 0.392 e. The number of rotatable bonds is 1. The average Bonchev–Trinajstić information content (AvgIpc) is 2.31. The van der Waals surface area contributed by atoms with E-state index in [1.54, 1.807) is 0 Å². The third kappa shape index (κ3) is 2.56. The fraction of sp³-hybridized carbons (Fsp3) is 0.533. The van der Waals surface area contributed by atoms with Gasteiger partial charge in [-0.3, -0.25) is 4.79 Å². The molecule has 1 heterocycles. The lowest BCUT2D eigenvalue weighted by Crippen LogP contribution is -2.50. The molecule has 1 aromatic carbocycles. The first kappa shape index (κ1) is 13.1. The van der Waals surface area contributed by atoms with Crippen molar-refractivity contribution in [2.24, 2.45) is 5.41 Å². The number of aliphatic hydroxyl groups excluding tert-OH is 1. The molecule has 98 valence electrons. The number of nitrogens with zero attached hydrogens (tertiary/aromatic N) is 1. The van der Waals surface area contributed by atoms with Crippen LogP contribution in [0, 0.1) is 12.3 Å². The molecule has 0 aliphatic carbocycles. The Morgan fingerprint density at radius 2 is 2.17 bits per heavy atom. The number of benzene rings is 1. The molecule has 0 radical (unpaired) electrons. The van der Waals surface area contributed by atoms with Crippen molar-refractivity contribution >= 4 is 5.91 Å². The van der Waals surface area contributed by atoms with Gasteiger partial charge in [-0.2, -0.15) is 0 Å². The summed E-state index contributed by atoms with van der Waals surface area (Å²) in [5.74, 6) is 0.0682. The van der Waals surface area contributed by atoms with Crippen LogP contribution < -0.4 is 0 Å². The Balaban J connectivity index is 2.15. The van der Waals surface area contributed by atoms with E-state index in [4.69, 9.17) is 0 Å². The van der Waals surface area contributed by atoms with E-state index in [0.29, 0.717) is 19.5 Å². The monoisotopic (exact) mass is 247 g/mol. The highest BCUT2D eigenvalue weighted by atomic mass is 16.3. The van der Waals surface area contributed by atoms with Crippen molar-refractivity contribution in [3.63, 3.8) is 0 Å². The molecular formula is C15H21NO2. The standard InChI is InChI=1S/C15H21NO2/c1-11-5-4-6-12(9-11)14(18)16-8-7-13(17)15(2,3)10-16/h4-6,9,13,17H,7-8,10H2,1-3H3. The SMILES string of the molecule is Cc1cccc(C(=O)N2CCC(O)C(C)(C)C2)c1. The van der Waals surface area contributed by atoms with Gasteiger partial charge >= 0.3 is 0 Å². The number of carbonyl (C=O) groups excluding carboxylic acids is 1. The lowest BCUT2D eigenvalue weighted by molar-refractivity contribution is -0.0182. The Morgan fingerprint density at radius 3 is 2.78 bits per heavy atom. The number of carbonyl (C=O) groups is 1. The summed E-state index contributed by atoms with van der Waals surface area (Å²) in [7, 11) is 0. The first-order valence-electron chi connectivity index (χ1n) is 6.44. The maximum absolute atomic E-state index is 12.4. The second kappa shape index (κ2) is 4.73. The van der Waals surface area contributed by atoms with Gasteiger partial charge < -0.3 is 10.0 Å². The summed E-state index contributed by atoms with van der Waals surface area (Å²) >= 11 is 0. The van der Waals surface area contributed by atoms with Crippen LogP contribution in [-0.2, 0) is 0 Å². The van der Waals surface area contributed by atoms with Gasteiger partial charge in [-0.15, -0.1) is 0 Å². The topological polar surface area (TPSA) is 40.5 Å². The van der Waals surface area contributed by atoms with Gasteiger partial charge in [0.05, 0.1) is 6.10 Å². The Morgan fingerprint density at radius 1 is 1.44 bits per heavy atom. The summed E-state index contributed by atoms with van der Waals surface area (Å²) in [4.78, 5) is 14.2. The minimum atomic E-state index is -0.320. The van der Waals surface area contributed by atoms with E-state index in [2.05, 4.69) is 0 Å². The predicted octanol–water partition coefficient (Wildman–Crippen LogP) is 2.23. The third-order valence-electron chi connectivity index (χ3n) is 3.73. The number of aliphatic hydroxyl groups is 1. The maximum Gasteiger partial charge on any atom is 0.253 e. The van der Waals surface area contributed by atoms with Crippen LogP contribution in [0.3, 0.4) is 0 Å². The lowest BCUT2D eigenvalue weighted by atomic mass is 9.81. The molecule has 1 atom stereocenters. The number of likely N-dealkylation sites (tertiary alicyclic amines) is 1. The zero-order valence-corrected chi connectivity index (χ0v) is 11.3. The summed E-state index contributed by atoms with van der Waals surface area (Å²) in [5.41, 5.74) is 1.61. The van der Waals surface area contributed by atoms with Crippen LogP contribution in [0.4, 0.5) is 0 Å². The smallest absolute Gasteiger partial charge is 0.253 e. The van der Waals surface area contributed by atoms with Gasteiger partial charge in [0.2, 0.25) is 0 Å². The molecule has 3 heteroatoms. The fourth-order valence-electron chi connectivity index (χ4n) is 2.48. The summed E-state index contributed by atoms with van der Waals surface area (Å²) in [5, 5.41) is 9.91. The number of hydrogen-bond donors (Lipinski definition) is 1. The van der Waals surface area contributed by atoms with Crippen molar-refractivity contribution in [1.82, 2.24) is 4.90 Å². The number of amides is 1. The van der Waals surface area contributed by atoms with E-state index in [1.165, 1.54) is 0 Å². The van der Waals surface area contributed by atoms with Crippen molar-refractivity contribution in [2.75, 3.05) is 13.1 Å². The highest BCUT2D eigenvalue weighted by Gasteiger charge is 2.36. The van der Waals surface area contributed by atoms with Gasteiger partial charge in [-0.25, -0.2) is 0 Å². The van der Waals surface area contributed by atoms with Crippen LogP contribution in [0.15, 0.2) is 24.3 Å². The minimum absolute atomic E-state index is 0.0682. The second-order valence-corrected chi connectivity index (χ2v) is 5.89. The quantitative estimate of drug-likeness (QED) is 0.826. The molecule has 1 N–H and O–H groups in total. The average molecular weight is 247 g/mol. The van der Waals surface area contributed by atoms with Gasteiger partial charge in [0, 0.05) is 24.1 Å². The van der Waals surface area contributed by atoms with Crippen LogP contribution in [-0.4, -0.2) is 35.1 Å². The maximum atomic E-state index is 12.4. The number of aryl methyl sites for hydroxylation is 1. The highest BCUT2D eigenvalue weighted by Crippen LogP contribution is 2.29. The zero-order valence-electron chi connectivity index (χ0n) is 11.3. The van der Waals surface area contributed by atoms with Crippen molar-refractivity contribution < 1.29 is 9.90 Å². The second-order valence-electron chi connectivity index (χ2n) is 5.89. The Bertz CT molecular complexity index is 454. The van der Waals surface area contributed by atoms with E-state index in [9.17, 15) is 9.90 Å². The fourth-order valence-corrected chi connectivity index (χ4v) is 2.48. The predicted molar refractivity (Wildman–Crippen MR) is 71.5 cm³/mol. The molecule has 0 saturated carbocycles. The van der Waals surface area contributed by atoms with Crippen molar-refractivity contribution in [3.05, 3.63) is 35.4 Å². The highest BCUT2D eigenvalue weighted by molar-refractivity contribution is 5.94. The number of piperidine rings is 1. The van der Waals surface area contributed by atoms with Gasteiger partial charge in [0.25, 0.3) is 5.91 Å². The van der Waals surface area contributed by atoms with Crippen LogP contribution in [0.1, 0.15) is 36.2 Å². The molecule has 0 aromatic heterocycles. The van der Waals surface area contributed by atoms with Crippen LogP contribution in [0.25, 0.3) is 0 Å². The minimum Gasteiger partial charge on any atom is -0.392 e. The van der Waals surface area contributed by atoms with Crippen LogP contribution in [0.5, 0.6) is 0 Å². The van der Waals surface area contributed by atoms with Crippen molar-refractivity contribution in [3.8, 4) is 0 Å². The first-order valence-corrected chi connectivity index (χ1v) is 6.44. The lowest BCUT2D eigenvalue weighted by Gasteiger charge is -2.41. The third-order valence-corrected chi connectivity index (χ3v) is 3.73. The van der Waals surface area contributed by atoms with E-state index in [0.717, 1.165) is 11.1 Å². The van der Waals surface area contributed by atoms with E-state index < -0.39 is 0 Å². The molecule has 18 heavy (non-hydrogen) atoms. The van der Waals surface area contributed by atoms with E-state index in [-0.39, 0.29) is 17.4 Å². The summed E-state index contributed by atoms with van der Waals surface area (Å²) < 4.78 is 0. The van der Waals surface area contributed by atoms with Gasteiger partial charge in [-0.05, 0) is 25.5 Å². The molecule has 1 amide bonds. The van der Waals surface area contributed by atoms with E-state index >= 15 is 0 Å². The Kier molecular flexibility index (Phi) is 3.44. The molecule has 1 saturated heterocycles. The van der Waals surface area contributed by atoms with Gasteiger partial charge in [-0.1, -0.05) is 31.5 Å². The van der Waals surface area contributed by atoms with Crippen molar-refractivity contribution in [1.29, 1.82) is 0 Å². The normalized spacial score (nSPS) is 22.9. The van der Waals surface area contributed by atoms with Gasteiger partial charge in [0.15, 0.2) is 0 Å². The molecule has 1 aliphatic rings. The zero-order chi connectivity index (χ0) is 13.3. The molecular weight excluding hydrogens is 226 g/mol. The molecule has 1 aromatic rings. The number of hydrogen-bond acceptors (Lipinski definition) is 2. The van der Waals surface area contributed by atoms with E-state index in [1.807, 2.05) is 49.9 Å². The summed E-state index contributed by atoms with van der Waals surface area (Å²) in [6, 6.07) is 7.67. The molecule has 1 aliphatic heterocycles. The van der Waals surface area contributed by atoms with Crippen LogP contribution >= 0.6 is 0 Å². The summed E-state index contributed by atoms with van der Waals surface area (Å²) in [6.07, 6.45) is 0.337. The summed E-state index contributed by atoms with van der Waals surface area (Å²) in [6.45, 7) is 7.25. The van der Waals surface area contributed by atoms with Crippen LogP contribution in [0.2, 0.25) is 0 Å². The Hall–Kier alpha value is -1.35. The molecule has 1 unspecified atom stereocenters.